The summed E-state index contributed by atoms with van der Waals surface area (Å²) >= 11 is 0. The van der Waals surface area contributed by atoms with Crippen molar-refractivity contribution >= 4 is 11.8 Å². The normalized spacial score (nSPS) is 24.3. The van der Waals surface area contributed by atoms with Crippen LogP contribution in [-0.4, -0.2) is 49.5 Å². The van der Waals surface area contributed by atoms with E-state index in [1.807, 2.05) is 11.8 Å². The fraction of sp³-hybridized carbons (Fsp3) is 0.476. The van der Waals surface area contributed by atoms with Crippen molar-refractivity contribution in [2.75, 3.05) is 6.54 Å². The molecule has 2 saturated heterocycles. The molecule has 0 spiro atoms. The lowest BCUT2D eigenvalue weighted by Crippen LogP contribution is -2.60. The number of fused-ring (bicyclic) bond motifs is 1. The van der Waals surface area contributed by atoms with Crippen molar-refractivity contribution in [3.05, 3.63) is 53.9 Å². The Morgan fingerprint density at radius 3 is 2.63 bits per heavy atom. The molecule has 3 heterocycles. The number of carbonyl (C=O) groups is 2. The molecule has 0 N–H and O–H groups in total. The molecule has 0 unspecified atom stereocenters. The second kappa shape index (κ2) is 7.45. The summed E-state index contributed by atoms with van der Waals surface area (Å²) in [7, 11) is 0. The molecule has 1 aromatic heterocycles. The zero-order valence-electron chi connectivity index (χ0n) is 16.6. The molecular formula is C21H23F3N4O2. The third-order valence-corrected chi connectivity index (χ3v) is 6.30. The molecule has 0 saturated carbocycles. The zero-order chi connectivity index (χ0) is 21.5. The lowest BCUT2D eigenvalue weighted by molar-refractivity contribution is -0.148. The smallest absolute Gasteiger partial charge is 0.336 e. The highest BCUT2D eigenvalue weighted by Gasteiger charge is 2.53. The predicted molar refractivity (Wildman–Crippen MR) is 102 cm³/mol. The number of nitrogens with zero attached hydrogens (tertiary/aromatic N) is 4. The fourth-order valence-electron chi connectivity index (χ4n) is 4.64. The zero-order valence-corrected chi connectivity index (χ0v) is 16.6. The first-order valence-electron chi connectivity index (χ1n) is 9.92. The van der Waals surface area contributed by atoms with E-state index in [0.717, 1.165) is 12.1 Å². The fourth-order valence-corrected chi connectivity index (χ4v) is 4.64. The lowest BCUT2D eigenvalue weighted by atomic mass is 9.83. The molecule has 9 heteroatoms. The van der Waals surface area contributed by atoms with Crippen LogP contribution < -0.4 is 0 Å². The molecule has 0 aliphatic carbocycles. The molecule has 30 heavy (non-hydrogen) atoms. The van der Waals surface area contributed by atoms with E-state index >= 15 is 0 Å². The number of halogens is 3. The van der Waals surface area contributed by atoms with E-state index in [1.165, 1.54) is 12.1 Å². The van der Waals surface area contributed by atoms with Gasteiger partial charge in [-0.3, -0.25) is 14.3 Å². The summed E-state index contributed by atoms with van der Waals surface area (Å²) in [5.74, 6) is -0.0775. The quantitative estimate of drug-likeness (QED) is 0.764. The van der Waals surface area contributed by atoms with Crippen molar-refractivity contribution in [2.45, 2.75) is 57.0 Å². The summed E-state index contributed by atoms with van der Waals surface area (Å²) in [5, 5.41) is 4.08. The van der Waals surface area contributed by atoms with E-state index in [4.69, 9.17) is 0 Å². The predicted octanol–water partition coefficient (Wildman–Crippen LogP) is 3.08. The van der Waals surface area contributed by atoms with E-state index < -0.39 is 17.3 Å². The number of alkyl halides is 3. The van der Waals surface area contributed by atoms with Gasteiger partial charge in [-0.25, -0.2) is 0 Å². The van der Waals surface area contributed by atoms with Gasteiger partial charge in [-0.2, -0.15) is 18.3 Å². The first-order valence-corrected chi connectivity index (χ1v) is 9.92. The average Bonchev–Trinajstić information content (AvgIpc) is 3.31. The molecular weight excluding hydrogens is 397 g/mol. The van der Waals surface area contributed by atoms with Gasteiger partial charge in [0, 0.05) is 31.9 Å². The van der Waals surface area contributed by atoms with Crippen molar-refractivity contribution in [3.63, 3.8) is 0 Å². The third kappa shape index (κ3) is 3.68. The van der Waals surface area contributed by atoms with Gasteiger partial charge in [0.05, 0.1) is 17.1 Å². The number of hydrogen-bond donors (Lipinski definition) is 0. The van der Waals surface area contributed by atoms with Crippen molar-refractivity contribution in [3.8, 4) is 0 Å². The van der Waals surface area contributed by atoms with Crippen LogP contribution in [-0.2, 0) is 28.9 Å². The number of rotatable bonds is 4. The topological polar surface area (TPSA) is 58.4 Å². The Balaban J connectivity index is 1.51. The minimum absolute atomic E-state index is 0.0324. The Hall–Kier alpha value is -2.84. The molecule has 2 aliphatic rings. The molecule has 2 atom stereocenters. The van der Waals surface area contributed by atoms with Gasteiger partial charge in [0.1, 0.15) is 6.54 Å². The third-order valence-electron chi connectivity index (χ3n) is 6.30. The van der Waals surface area contributed by atoms with Crippen LogP contribution in [0.5, 0.6) is 0 Å². The van der Waals surface area contributed by atoms with Crippen molar-refractivity contribution < 1.29 is 22.8 Å². The van der Waals surface area contributed by atoms with Gasteiger partial charge >= 0.3 is 6.18 Å². The van der Waals surface area contributed by atoms with Crippen LogP contribution >= 0.6 is 0 Å². The maximum Gasteiger partial charge on any atom is 0.416 e. The maximum absolute atomic E-state index is 12.8. The van der Waals surface area contributed by atoms with Gasteiger partial charge in [0.2, 0.25) is 11.8 Å². The highest BCUT2D eigenvalue weighted by molar-refractivity contribution is 5.81. The molecule has 1 aromatic carbocycles. The summed E-state index contributed by atoms with van der Waals surface area (Å²) in [5.41, 5.74) is -0.617. The second-order valence-corrected chi connectivity index (χ2v) is 8.13. The highest BCUT2D eigenvalue weighted by atomic mass is 19.4. The number of amides is 2. The van der Waals surface area contributed by atoms with Crippen LogP contribution in [0.25, 0.3) is 0 Å². The summed E-state index contributed by atoms with van der Waals surface area (Å²) < 4.78 is 40.0. The molecule has 2 aromatic rings. The van der Waals surface area contributed by atoms with E-state index in [0.29, 0.717) is 31.4 Å². The minimum Gasteiger partial charge on any atom is -0.336 e. The standard InChI is InChI=1S/C21H23F3N4O2/c1-20-9-12-27(19(30)14-26-11-2-10-25-26)17(20)7-8-18(29)28(20)13-15-3-5-16(6-4-15)21(22,23)24/h2-6,10-11,17H,7-9,12-14H2,1H3/t17-,20-/m0/s1. The van der Waals surface area contributed by atoms with E-state index in [1.54, 1.807) is 28.0 Å². The van der Waals surface area contributed by atoms with E-state index in [2.05, 4.69) is 5.10 Å². The van der Waals surface area contributed by atoms with Crippen LogP contribution in [0.3, 0.4) is 0 Å². The molecule has 0 radical (unpaired) electrons. The lowest BCUT2D eigenvalue weighted by Gasteiger charge is -2.47. The van der Waals surface area contributed by atoms with Gasteiger partial charge in [-0.05, 0) is 43.5 Å². The SMILES string of the molecule is C[C@]12CCN(C(=O)Cn3cccn3)[C@H]1CCC(=O)N2Cc1ccc(C(F)(F)F)cc1. The number of likely N-dealkylation sites (tertiary alicyclic amines) is 2. The van der Waals surface area contributed by atoms with Crippen LogP contribution in [0, 0.1) is 0 Å². The molecule has 0 bridgehead atoms. The van der Waals surface area contributed by atoms with Crippen LogP contribution in [0.1, 0.15) is 37.3 Å². The number of carbonyl (C=O) groups excluding carboxylic acids is 2. The van der Waals surface area contributed by atoms with Crippen LogP contribution in [0.4, 0.5) is 13.2 Å². The summed E-state index contributed by atoms with van der Waals surface area (Å²) in [4.78, 5) is 29.1. The number of piperidine rings is 1. The van der Waals surface area contributed by atoms with E-state index in [-0.39, 0.29) is 30.9 Å². The van der Waals surface area contributed by atoms with Gasteiger partial charge in [-0.1, -0.05) is 12.1 Å². The molecule has 4 rings (SSSR count). The molecule has 160 valence electrons. The Kier molecular flexibility index (Phi) is 5.07. The Bertz CT molecular complexity index is 927. The van der Waals surface area contributed by atoms with Gasteiger partial charge in [-0.15, -0.1) is 0 Å². The Labute approximate surface area is 172 Å². The summed E-state index contributed by atoms with van der Waals surface area (Å²) in [6, 6.07) is 6.55. The van der Waals surface area contributed by atoms with E-state index in [9.17, 15) is 22.8 Å². The molecule has 2 fully saturated rings. The van der Waals surface area contributed by atoms with Gasteiger partial charge in [0.25, 0.3) is 0 Å². The van der Waals surface area contributed by atoms with Gasteiger partial charge in [0.15, 0.2) is 0 Å². The largest absolute Gasteiger partial charge is 0.416 e. The first-order chi connectivity index (χ1) is 14.2. The first kappa shape index (κ1) is 20.4. The molecule has 6 nitrogen and oxygen atoms in total. The summed E-state index contributed by atoms with van der Waals surface area (Å²) in [6.07, 6.45) is 0.489. The number of hydrogen-bond acceptors (Lipinski definition) is 3. The van der Waals surface area contributed by atoms with Crippen LogP contribution in [0.15, 0.2) is 42.7 Å². The number of benzene rings is 1. The minimum atomic E-state index is -4.39. The number of aromatic nitrogens is 2. The van der Waals surface area contributed by atoms with Crippen molar-refractivity contribution in [2.24, 2.45) is 0 Å². The van der Waals surface area contributed by atoms with Gasteiger partial charge < -0.3 is 9.80 Å². The van der Waals surface area contributed by atoms with Crippen molar-refractivity contribution in [1.82, 2.24) is 19.6 Å². The Morgan fingerprint density at radius 1 is 1.27 bits per heavy atom. The molecule has 2 aliphatic heterocycles. The monoisotopic (exact) mass is 420 g/mol. The van der Waals surface area contributed by atoms with Crippen molar-refractivity contribution in [1.29, 1.82) is 0 Å². The highest BCUT2D eigenvalue weighted by Crippen LogP contribution is 2.41. The van der Waals surface area contributed by atoms with Crippen LogP contribution in [0.2, 0.25) is 0 Å². The Morgan fingerprint density at radius 2 is 2.00 bits per heavy atom. The maximum atomic E-state index is 12.8. The summed E-state index contributed by atoms with van der Waals surface area (Å²) in [6.45, 7) is 2.88. The second-order valence-electron chi connectivity index (χ2n) is 8.13. The average molecular weight is 420 g/mol. The molecule has 2 amide bonds.